The summed E-state index contributed by atoms with van der Waals surface area (Å²) in [5.74, 6) is 0. The second-order valence-corrected chi connectivity index (χ2v) is 8.01. The third kappa shape index (κ3) is 2.62. The molecule has 0 radical (unpaired) electrons. The second kappa shape index (κ2) is 5.79. The summed E-state index contributed by atoms with van der Waals surface area (Å²) in [6, 6.07) is 0. The Morgan fingerprint density at radius 3 is 0.789 bits per heavy atom. The van der Waals surface area contributed by atoms with Crippen LogP contribution in [0.5, 0.6) is 0 Å². The molecule has 0 aliphatic heterocycles. The largest absolute Gasteiger partial charge is 0.195 e. The molecule has 0 bridgehead atoms. The highest BCUT2D eigenvalue weighted by Gasteiger charge is 2.72. The Labute approximate surface area is 116 Å². The molecule has 0 spiro atoms. The van der Waals surface area contributed by atoms with Crippen molar-refractivity contribution < 1.29 is 11.7 Å². The summed E-state index contributed by atoms with van der Waals surface area (Å²) in [7, 11) is -7.09. The van der Waals surface area contributed by atoms with Crippen LogP contribution >= 0.6 is 10.0 Å². The lowest BCUT2D eigenvalue weighted by atomic mass is 10.7. The maximum absolute atomic E-state index is 15.7. The minimum Gasteiger partial charge on any atom is -0.195 e. The first-order valence-electron chi connectivity index (χ1n) is 7.15. The highest BCUT2D eigenvalue weighted by Crippen LogP contribution is 2.98. The Morgan fingerprint density at radius 2 is 0.684 bits per heavy atom. The van der Waals surface area contributed by atoms with Crippen LogP contribution in [-0.2, 0) is 0 Å². The van der Waals surface area contributed by atoms with Crippen molar-refractivity contribution in [3.05, 3.63) is 0 Å². The van der Waals surface area contributed by atoms with Gasteiger partial charge in [0, 0.05) is 39.3 Å². The number of halogens is 3. The van der Waals surface area contributed by atoms with Gasteiger partial charge in [0.25, 0.3) is 0 Å². The van der Waals surface area contributed by atoms with E-state index in [1.165, 1.54) is 0 Å². The Kier molecular flexibility index (Phi) is 5.80. The van der Waals surface area contributed by atoms with E-state index in [0.29, 0.717) is 0 Å². The summed E-state index contributed by atoms with van der Waals surface area (Å²) in [6.45, 7) is 9.36. The maximum atomic E-state index is 15.7. The summed E-state index contributed by atoms with van der Waals surface area (Å²) in [4.78, 5) is 0. The van der Waals surface area contributed by atoms with E-state index >= 15 is 11.7 Å². The molecule has 19 heavy (non-hydrogen) atoms. The van der Waals surface area contributed by atoms with E-state index in [1.807, 2.05) is 0 Å². The summed E-state index contributed by atoms with van der Waals surface area (Å²) in [5, 5.41) is 0. The third-order valence-electron chi connectivity index (χ3n) is 3.69. The van der Waals surface area contributed by atoms with Crippen LogP contribution in [0.15, 0.2) is 0 Å². The van der Waals surface area contributed by atoms with Crippen molar-refractivity contribution in [1.82, 2.24) is 12.9 Å². The Hall–Kier alpha value is 0.0200. The maximum Gasteiger partial charge on any atom is 0.192 e. The fraction of sp³-hybridized carbons (Fsp3) is 1.00. The molecule has 0 aliphatic rings. The van der Waals surface area contributed by atoms with Crippen molar-refractivity contribution in [2.45, 2.75) is 41.5 Å². The first kappa shape index (κ1) is 19.0. The number of rotatable bonds is 9. The minimum atomic E-state index is -7.09. The lowest BCUT2D eigenvalue weighted by Crippen LogP contribution is -2.61. The molecule has 0 heterocycles. The highest BCUT2D eigenvalue weighted by molar-refractivity contribution is 8.48. The van der Waals surface area contributed by atoms with Crippen LogP contribution in [0.3, 0.4) is 0 Å². The zero-order valence-electron chi connectivity index (χ0n) is 13.1. The summed E-state index contributed by atoms with van der Waals surface area (Å²) in [5.41, 5.74) is 0. The van der Waals surface area contributed by atoms with Crippen molar-refractivity contribution in [2.75, 3.05) is 39.3 Å². The summed E-state index contributed by atoms with van der Waals surface area (Å²) < 4.78 is 49.3. The summed E-state index contributed by atoms with van der Waals surface area (Å²) in [6.07, 6.45) is 0. The number of hydrogen-bond donors (Lipinski definition) is 0. The van der Waals surface area contributed by atoms with Crippen LogP contribution < -0.4 is 0 Å². The van der Waals surface area contributed by atoms with Gasteiger partial charge in [-0.05, 0) is 0 Å². The molecule has 120 valence electrons. The Balaban J connectivity index is 6.25. The molecular formula is C12H30F3N3S. The van der Waals surface area contributed by atoms with Crippen molar-refractivity contribution in [3.63, 3.8) is 0 Å². The van der Waals surface area contributed by atoms with Gasteiger partial charge < -0.3 is 0 Å². The van der Waals surface area contributed by atoms with Gasteiger partial charge in [0.1, 0.15) is 0 Å². The smallest absolute Gasteiger partial charge is 0.192 e. The van der Waals surface area contributed by atoms with Crippen LogP contribution in [0.2, 0.25) is 0 Å². The Bertz CT molecular complexity index is 249. The summed E-state index contributed by atoms with van der Waals surface area (Å²) >= 11 is 0. The van der Waals surface area contributed by atoms with E-state index in [1.54, 1.807) is 41.5 Å². The predicted molar refractivity (Wildman–Crippen MR) is 79.7 cm³/mol. The fourth-order valence-corrected chi connectivity index (χ4v) is 6.85. The Morgan fingerprint density at radius 1 is 0.526 bits per heavy atom. The van der Waals surface area contributed by atoms with Gasteiger partial charge in [0.05, 0.1) is 0 Å². The zero-order valence-corrected chi connectivity index (χ0v) is 13.9. The molecule has 0 amide bonds. The fourth-order valence-electron chi connectivity index (χ4n) is 2.73. The van der Waals surface area contributed by atoms with Gasteiger partial charge in [-0.1, -0.05) is 41.5 Å². The van der Waals surface area contributed by atoms with E-state index in [0.717, 1.165) is 12.9 Å². The molecule has 0 saturated carbocycles. The molecule has 0 N–H and O–H groups in total. The van der Waals surface area contributed by atoms with Gasteiger partial charge in [0.2, 0.25) is 0 Å². The monoisotopic (exact) mass is 305 g/mol. The molecule has 0 saturated heterocycles. The van der Waals surface area contributed by atoms with Gasteiger partial charge in [-0.3, -0.25) is 0 Å². The number of hydrogen-bond acceptors (Lipinski definition) is 3. The molecule has 0 fully saturated rings. The van der Waals surface area contributed by atoms with Crippen molar-refractivity contribution >= 4 is 10.0 Å². The molecule has 3 nitrogen and oxygen atoms in total. The predicted octanol–water partition coefficient (Wildman–Crippen LogP) is 4.29. The van der Waals surface area contributed by atoms with Gasteiger partial charge in [0.15, 0.2) is 10.0 Å². The zero-order chi connectivity index (χ0) is 15.4. The van der Waals surface area contributed by atoms with Crippen LogP contribution in [0, 0.1) is 0 Å². The molecular weight excluding hydrogens is 275 g/mol. The lowest BCUT2D eigenvalue weighted by molar-refractivity contribution is 0.186. The SMILES string of the molecule is CCN(CC)S(F)(F)(F)(N(CC)CC)N(CC)CC. The van der Waals surface area contributed by atoms with E-state index in [4.69, 9.17) is 0 Å². The molecule has 7 heteroatoms. The van der Waals surface area contributed by atoms with Crippen molar-refractivity contribution in [3.8, 4) is 0 Å². The normalized spacial score (nSPS) is 17.1. The van der Waals surface area contributed by atoms with Crippen LogP contribution in [0.1, 0.15) is 41.5 Å². The van der Waals surface area contributed by atoms with E-state index in [-0.39, 0.29) is 39.3 Å². The molecule has 0 rings (SSSR count). The average Bonchev–Trinajstić information content (AvgIpc) is 2.31. The van der Waals surface area contributed by atoms with Gasteiger partial charge in [-0.25, -0.2) is 0 Å². The van der Waals surface area contributed by atoms with E-state index in [2.05, 4.69) is 0 Å². The van der Waals surface area contributed by atoms with E-state index in [9.17, 15) is 0 Å². The molecule has 0 atom stereocenters. The van der Waals surface area contributed by atoms with Gasteiger partial charge in [-0.2, -0.15) is 12.9 Å². The first-order valence-corrected chi connectivity index (χ1v) is 9.17. The first-order chi connectivity index (χ1) is 8.62. The average molecular weight is 305 g/mol. The van der Waals surface area contributed by atoms with Gasteiger partial charge >= 0.3 is 0 Å². The lowest BCUT2D eigenvalue weighted by Gasteiger charge is -2.73. The molecule has 0 aromatic rings. The molecule has 0 aliphatic carbocycles. The molecule has 0 unspecified atom stereocenters. The highest BCUT2D eigenvalue weighted by atomic mass is 32.5. The molecule has 0 aromatic carbocycles. The van der Waals surface area contributed by atoms with E-state index < -0.39 is 10.0 Å². The third-order valence-corrected chi connectivity index (χ3v) is 8.38. The van der Waals surface area contributed by atoms with Crippen molar-refractivity contribution in [2.24, 2.45) is 0 Å². The van der Waals surface area contributed by atoms with Gasteiger partial charge in [-0.15, -0.1) is 11.7 Å². The number of nitrogens with zero attached hydrogens (tertiary/aromatic N) is 3. The minimum absolute atomic E-state index is 0.0193. The molecule has 0 aromatic heterocycles. The second-order valence-electron chi connectivity index (χ2n) is 4.38. The van der Waals surface area contributed by atoms with Crippen LogP contribution in [0.4, 0.5) is 11.7 Å². The standard InChI is InChI=1S/C12H30F3N3S/c1-7-16(8-2)19(13,14,15,17(9-3)10-4)18(11-5)12-6/h7-12H2,1-6H3. The quantitative estimate of drug-likeness (QED) is 0.629. The van der Waals surface area contributed by atoms with Crippen molar-refractivity contribution in [1.29, 1.82) is 0 Å². The topological polar surface area (TPSA) is 9.72 Å². The van der Waals surface area contributed by atoms with Crippen LogP contribution in [0.25, 0.3) is 0 Å². The van der Waals surface area contributed by atoms with Crippen LogP contribution in [-0.4, -0.2) is 52.2 Å².